The maximum Gasteiger partial charge on any atom is 0.123 e. The van der Waals surface area contributed by atoms with Gasteiger partial charge in [-0.3, -0.25) is 0 Å². The highest BCUT2D eigenvalue weighted by molar-refractivity contribution is 5.33. The molecule has 0 aliphatic carbocycles. The van der Waals surface area contributed by atoms with Crippen molar-refractivity contribution in [1.29, 1.82) is 0 Å². The molecule has 0 amide bonds. The Bertz CT molecular complexity index is 558. The van der Waals surface area contributed by atoms with Gasteiger partial charge in [-0.1, -0.05) is 12.1 Å². The molecule has 0 aliphatic rings. The fourth-order valence-electron chi connectivity index (χ4n) is 2.16. The van der Waals surface area contributed by atoms with Gasteiger partial charge in [0, 0.05) is 6.07 Å². The molecule has 0 radical (unpaired) electrons. The van der Waals surface area contributed by atoms with Crippen LogP contribution >= 0.6 is 0 Å². The number of hydrogen-bond donors (Lipinski definition) is 0. The summed E-state index contributed by atoms with van der Waals surface area (Å²) in [7, 11) is 0. The van der Waals surface area contributed by atoms with Crippen LogP contribution in [0.1, 0.15) is 18.1 Å². The minimum Gasteiger partial charge on any atom is -0.494 e. The van der Waals surface area contributed by atoms with Gasteiger partial charge in [0.25, 0.3) is 0 Å². The lowest BCUT2D eigenvalue weighted by molar-refractivity contribution is 0.216. The fraction of sp³-hybridized carbons (Fsp3) is 0.333. The highest BCUT2D eigenvalue weighted by Crippen LogP contribution is 2.19. The summed E-state index contributed by atoms with van der Waals surface area (Å²) >= 11 is 0. The predicted molar refractivity (Wildman–Crippen MR) is 84.5 cm³/mol. The molecule has 0 spiro atoms. The molecule has 2 aromatic rings. The summed E-state index contributed by atoms with van der Waals surface area (Å²) < 4.78 is 16.8. The van der Waals surface area contributed by atoms with Gasteiger partial charge in [0.05, 0.1) is 6.61 Å². The quantitative estimate of drug-likeness (QED) is 0.715. The van der Waals surface area contributed by atoms with Gasteiger partial charge >= 0.3 is 0 Å². The first-order chi connectivity index (χ1) is 10.2. The lowest BCUT2D eigenvalue weighted by atomic mass is 10.1. The van der Waals surface area contributed by atoms with Gasteiger partial charge in [0.15, 0.2) is 0 Å². The van der Waals surface area contributed by atoms with Gasteiger partial charge in [0.1, 0.15) is 30.5 Å². The number of hydrogen-bond acceptors (Lipinski definition) is 3. The molecule has 0 fully saturated rings. The molecule has 0 unspecified atom stereocenters. The van der Waals surface area contributed by atoms with Crippen molar-refractivity contribution < 1.29 is 14.2 Å². The third-order valence-electron chi connectivity index (χ3n) is 2.93. The largest absolute Gasteiger partial charge is 0.494 e. The summed E-state index contributed by atoms with van der Waals surface area (Å²) in [6.45, 7) is 7.76. The van der Waals surface area contributed by atoms with E-state index in [-0.39, 0.29) is 0 Å². The van der Waals surface area contributed by atoms with Crippen molar-refractivity contribution in [3.8, 4) is 17.2 Å². The summed E-state index contributed by atoms with van der Waals surface area (Å²) in [5.41, 5.74) is 2.41. The third-order valence-corrected chi connectivity index (χ3v) is 2.93. The Labute approximate surface area is 126 Å². The summed E-state index contributed by atoms with van der Waals surface area (Å²) in [4.78, 5) is 0. The van der Waals surface area contributed by atoms with E-state index in [1.54, 1.807) is 0 Å². The molecule has 3 heteroatoms. The zero-order valence-corrected chi connectivity index (χ0v) is 12.9. The lowest BCUT2D eigenvalue weighted by Crippen LogP contribution is -2.09. The highest BCUT2D eigenvalue weighted by atomic mass is 16.5. The molecule has 0 N–H and O–H groups in total. The second-order valence-corrected chi connectivity index (χ2v) is 4.93. The number of aryl methyl sites for hydroxylation is 2. The average molecular weight is 286 g/mol. The molecule has 21 heavy (non-hydrogen) atoms. The smallest absolute Gasteiger partial charge is 0.123 e. The maximum atomic E-state index is 5.71. The van der Waals surface area contributed by atoms with Crippen molar-refractivity contribution in [1.82, 2.24) is 0 Å². The molecule has 0 bridgehead atoms. The molecule has 0 heterocycles. The molecule has 2 aromatic carbocycles. The SMILES string of the molecule is CCOc1cccc(OCCOc2cc(C)cc(C)c2)c1. The van der Waals surface area contributed by atoms with Crippen LogP contribution in [0, 0.1) is 13.8 Å². The molecule has 0 aliphatic heterocycles. The van der Waals surface area contributed by atoms with Gasteiger partial charge in [-0.25, -0.2) is 0 Å². The minimum absolute atomic E-state index is 0.503. The first-order valence-corrected chi connectivity index (χ1v) is 7.24. The molecule has 3 nitrogen and oxygen atoms in total. The van der Waals surface area contributed by atoms with E-state index in [9.17, 15) is 0 Å². The molecule has 2 rings (SSSR count). The maximum absolute atomic E-state index is 5.71. The van der Waals surface area contributed by atoms with Crippen LogP contribution in [0.15, 0.2) is 42.5 Å². The molecule has 0 aromatic heterocycles. The van der Waals surface area contributed by atoms with Gasteiger partial charge in [-0.2, -0.15) is 0 Å². The van der Waals surface area contributed by atoms with Crippen molar-refractivity contribution in [3.63, 3.8) is 0 Å². The zero-order chi connectivity index (χ0) is 15.1. The fourth-order valence-corrected chi connectivity index (χ4v) is 2.16. The van der Waals surface area contributed by atoms with E-state index in [4.69, 9.17) is 14.2 Å². The standard InChI is InChI=1S/C18H22O3/c1-4-19-16-6-5-7-17(13-16)20-8-9-21-18-11-14(2)10-15(3)12-18/h5-7,10-13H,4,8-9H2,1-3H3. The van der Waals surface area contributed by atoms with Crippen LogP contribution in [0.2, 0.25) is 0 Å². The lowest BCUT2D eigenvalue weighted by Gasteiger charge is -2.10. The predicted octanol–water partition coefficient (Wildman–Crippen LogP) is 4.16. The van der Waals surface area contributed by atoms with E-state index in [0.717, 1.165) is 17.2 Å². The Balaban J connectivity index is 1.80. The van der Waals surface area contributed by atoms with E-state index in [0.29, 0.717) is 19.8 Å². The summed E-state index contributed by atoms with van der Waals surface area (Å²) in [5, 5.41) is 0. The Kier molecular flexibility index (Phi) is 5.50. The van der Waals surface area contributed by atoms with E-state index >= 15 is 0 Å². The topological polar surface area (TPSA) is 27.7 Å². The van der Waals surface area contributed by atoms with Gasteiger partial charge in [0.2, 0.25) is 0 Å². The molecular weight excluding hydrogens is 264 g/mol. The van der Waals surface area contributed by atoms with E-state index < -0.39 is 0 Å². The molecule has 0 atom stereocenters. The molecule has 0 saturated carbocycles. The van der Waals surface area contributed by atoms with E-state index in [1.165, 1.54) is 11.1 Å². The van der Waals surface area contributed by atoms with E-state index in [2.05, 4.69) is 19.9 Å². The van der Waals surface area contributed by atoms with Crippen molar-refractivity contribution in [2.24, 2.45) is 0 Å². The normalized spacial score (nSPS) is 10.2. The van der Waals surface area contributed by atoms with Crippen molar-refractivity contribution in [2.75, 3.05) is 19.8 Å². The number of benzene rings is 2. The van der Waals surface area contributed by atoms with Crippen molar-refractivity contribution in [2.45, 2.75) is 20.8 Å². The first-order valence-electron chi connectivity index (χ1n) is 7.24. The van der Waals surface area contributed by atoms with Crippen LogP contribution in [0.3, 0.4) is 0 Å². The second kappa shape index (κ2) is 7.58. The first kappa shape index (κ1) is 15.2. The summed E-state index contributed by atoms with van der Waals surface area (Å²) in [5.74, 6) is 2.51. The third kappa shape index (κ3) is 5.03. The van der Waals surface area contributed by atoms with Crippen LogP contribution in [0.25, 0.3) is 0 Å². The van der Waals surface area contributed by atoms with Crippen molar-refractivity contribution in [3.05, 3.63) is 53.6 Å². The highest BCUT2D eigenvalue weighted by Gasteiger charge is 1.99. The summed E-state index contributed by atoms with van der Waals surface area (Å²) in [6.07, 6.45) is 0. The average Bonchev–Trinajstić information content (AvgIpc) is 2.43. The van der Waals surface area contributed by atoms with E-state index in [1.807, 2.05) is 43.3 Å². The monoisotopic (exact) mass is 286 g/mol. The Morgan fingerprint density at radius 3 is 1.90 bits per heavy atom. The minimum atomic E-state index is 0.503. The number of ether oxygens (including phenoxy) is 3. The van der Waals surface area contributed by atoms with Crippen LogP contribution in [0.4, 0.5) is 0 Å². The van der Waals surface area contributed by atoms with Gasteiger partial charge in [-0.05, 0) is 56.2 Å². The van der Waals surface area contributed by atoms with Crippen LogP contribution in [0.5, 0.6) is 17.2 Å². The molecule has 112 valence electrons. The van der Waals surface area contributed by atoms with Gasteiger partial charge < -0.3 is 14.2 Å². The van der Waals surface area contributed by atoms with Crippen LogP contribution < -0.4 is 14.2 Å². The number of rotatable bonds is 7. The summed E-state index contributed by atoms with van der Waals surface area (Å²) in [6, 6.07) is 13.8. The van der Waals surface area contributed by atoms with Crippen LogP contribution in [-0.4, -0.2) is 19.8 Å². The Morgan fingerprint density at radius 1 is 0.714 bits per heavy atom. The zero-order valence-electron chi connectivity index (χ0n) is 12.9. The van der Waals surface area contributed by atoms with Crippen molar-refractivity contribution >= 4 is 0 Å². The van der Waals surface area contributed by atoms with Gasteiger partial charge in [-0.15, -0.1) is 0 Å². The Morgan fingerprint density at radius 2 is 1.29 bits per heavy atom. The van der Waals surface area contributed by atoms with Crippen LogP contribution in [-0.2, 0) is 0 Å². The molecular formula is C18H22O3. The molecule has 0 saturated heterocycles. The second-order valence-electron chi connectivity index (χ2n) is 4.93. The Hall–Kier alpha value is -2.16.